The van der Waals surface area contributed by atoms with Crippen molar-refractivity contribution in [3.63, 3.8) is 0 Å². The van der Waals surface area contributed by atoms with Gasteiger partial charge in [-0.1, -0.05) is 19.0 Å². The first kappa shape index (κ1) is 8.70. The Hall–Kier alpha value is -1.39. The molecule has 66 valence electrons. The Labute approximate surface area is 70.2 Å². The van der Waals surface area contributed by atoms with Crippen molar-refractivity contribution >= 4 is 5.91 Å². The molecule has 0 aliphatic heterocycles. The molecule has 1 heterocycles. The van der Waals surface area contributed by atoms with Crippen LogP contribution in [-0.4, -0.2) is 16.0 Å². The summed E-state index contributed by atoms with van der Waals surface area (Å²) >= 11 is 0. The lowest BCUT2D eigenvalue weighted by molar-refractivity contribution is -0.124. The molecule has 0 saturated carbocycles. The summed E-state index contributed by atoms with van der Waals surface area (Å²) in [5, 5.41) is 6.21. The van der Waals surface area contributed by atoms with Gasteiger partial charge in [0.1, 0.15) is 0 Å². The lowest BCUT2D eigenvalue weighted by atomic mass is 10.2. The zero-order chi connectivity index (χ0) is 8.97. The lowest BCUT2D eigenvalue weighted by Gasteiger charge is -2.03. The van der Waals surface area contributed by atoms with Crippen LogP contribution in [0.1, 0.15) is 19.7 Å². The standard InChI is InChI=1S/C7H11N3O2/c1-5(2)7(11)8-3-6-9-4-12-10-6/h4-5H,3H2,1-2H3,(H,8,11). The number of hydrogen-bond acceptors (Lipinski definition) is 4. The SMILES string of the molecule is CC(C)C(=O)NCc1ncon1. The molecule has 5 nitrogen and oxygen atoms in total. The third-order valence-electron chi connectivity index (χ3n) is 1.35. The summed E-state index contributed by atoms with van der Waals surface area (Å²) < 4.78 is 4.49. The maximum absolute atomic E-state index is 11.0. The van der Waals surface area contributed by atoms with E-state index in [4.69, 9.17) is 0 Å². The highest BCUT2D eigenvalue weighted by Crippen LogP contribution is 1.92. The smallest absolute Gasteiger partial charge is 0.222 e. The summed E-state index contributed by atoms with van der Waals surface area (Å²) in [5.74, 6) is 0.459. The Balaban J connectivity index is 2.32. The maximum Gasteiger partial charge on any atom is 0.222 e. The maximum atomic E-state index is 11.0. The molecule has 0 unspecified atom stereocenters. The van der Waals surface area contributed by atoms with Crippen LogP contribution in [0, 0.1) is 5.92 Å². The molecule has 0 aromatic carbocycles. The number of nitrogens with one attached hydrogen (secondary N) is 1. The summed E-state index contributed by atoms with van der Waals surface area (Å²) in [7, 11) is 0. The molecule has 12 heavy (non-hydrogen) atoms. The van der Waals surface area contributed by atoms with Crippen LogP contribution in [0.15, 0.2) is 10.9 Å². The van der Waals surface area contributed by atoms with E-state index < -0.39 is 0 Å². The fourth-order valence-electron chi connectivity index (χ4n) is 0.641. The second-order valence-electron chi connectivity index (χ2n) is 2.72. The zero-order valence-corrected chi connectivity index (χ0v) is 7.07. The van der Waals surface area contributed by atoms with E-state index in [9.17, 15) is 4.79 Å². The monoisotopic (exact) mass is 169 g/mol. The summed E-state index contributed by atoms with van der Waals surface area (Å²) in [5.41, 5.74) is 0. The third-order valence-corrected chi connectivity index (χ3v) is 1.35. The molecule has 1 N–H and O–H groups in total. The first-order valence-corrected chi connectivity index (χ1v) is 3.73. The van der Waals surface area contributed by atoms with Gasteiger partial charge >= 0.3 is 0 Å². The molecule has 0 fully saturated rings. The first-order valence-electron chi connectivity index (χ1n) is 3.73. The number of carbonyl (C=O) groups excluding carboxylic acids is 1. The molecule has 1 aromatic rings. The first-order chi connectivity index (χ1) is 5.70. The average Bonchev–Trinajstić information content (AvgIpc) is 2.51. The van der Waals surface area contributed by atoms with Crippen molar-refractivity contribution in [2.45, 2.75) is 20.4 Å². The largest absolute Gasteiger partial charge is 0.348 e. The Morgan fingerprint density at radius 2 is 2.50 bits per heavy atom. The summed E-state index contributed by atoms with van der Waals surface area (Å²) in [4.78, 5) is 14.8. The van der Waals surface area contributed by atoms with Crippen molar-refractivity contribution in [3.05, 3.63) is 12.2 Å². The van der Waals surface area contributed by atoms with Crippen LogP contribution in [0.5, 0.6) is 0 Å². The summed E-state index contributed by atoms with van der Waals surface area (Å²) in [6, 6.07) is 0. The molecule has 0 spiro atoms. The minimum Gasteiger partial charge on any atom is -0.348 e. The van der Waals surface area contributed by atoms with Gasteiger partial charge < -0.3 is 9.84 Å². The van der Waals surface area contributed by atoms with Gasteiger partial charge in [-0.2, -0.15) is 4.98 Å². The van der Waals surface area contributed by atoms with E-state index in [1.54, 1.807) is 0 Å². The third kappa shape index (κ3) is 2.34. The molecule has 5 heteroatoms. The number of carbonyl (C=O) groups is 1. The fraction of sp³-hybridized carbons (Fsp3) is 0.571. The van der Waals surface area contributed by atoms with Crippen molar-refractivity contribution in [2.75, 3.05) is 0 Å². The molecule has 0 aliphatic carbocycles. The van der Waals surface area contributed by atoms with Crippen LogP contribution >= 0.6 is 0 Å². The predicted molar refractivity (Wildman–Crippen MR) is 41.0 cm³/mol. The van der Waals surface area contributed by atoms with Gasteiger partial charge in [-0.05, 0) is 0 Å². The van der Waals surface area contributed by atoms with E-state index in [1.807, 2.05) is 13.8 Å². The van der Waals surface area contributed by atoms with Crippen LogP contribution in [0.3, 0.4) is 0 Å². The van der Waals surface area contributed by atoms with E-state index in [0.29, 0.717) is 12.4 Å². The molecule has 0 bridgehead atoms. The molecular formula is C7H11N3O2. The van der Waals surface area contributed by atoms with Crippen molar-refractivity contribution in [1.82, 2.24) is 15.5 Å². The Kier molecular flexibility index (Phi) is 2.79. The van der Waals surface area contributed by atoms with Crippen molar-refractivity contribution in [2.24, 2.45) is 5.92 Å². The lowest BCUT2D eigenvalue weighted by Crippen LogP contribution is -2.27. The Morgan fingerprint density at radius 1 is 1.75 bits per heavy atom. The van der Waals surface area contributed by atoms with E-state index >= 15 is 0 Å². The normalized spacial score (nSPS) is 10.2. The second kappa shape index (κ2) is 3.85. The molecule has 0 saturated heterocycles. The highest BCUT2D eigenvalue weighted by Gasteiger charge is 2.06. The number of hydrogen-bond donors (Lipinski definition) is 1. The molecule has 0 aliphatic rings. The molecule has 1 amide bonds. The van der Waals surface area contributed by atoms with Crippen LogP contribution in [-0.2, 0) is 11.3 Å². The van der Waals surface area contributed by atoms with Gasteiger partial charge in [0.15, 0.2) is 5.82 Å². The Bertz CT molecular complexity index is 243. The van der Waals surface area contributed by atoms with Crippen molar-refractivity contribution in [3.8, 4) is 0 Å². The molecule has 0 radical (unpaired) electrons. The number of nitrogens with zero attached hydrogens (tertiary/aromatic N) is 2. The van der Waals surface area contributed by atoms with E-state index in [0.717, 1.165) is 0 Å². The summed E-state index contributed by atoms with van der Waals surface area (Å²) in [6.07, 6.45) is 1.23. The number of amides is 1. The average molecular weight is 169 g/mol. The topological polar surface area (TPSA) is 68.0 Å². The van der Waals surface area contributed by atoms with E-state index in [1.165, 1.54) is 6.39 Å². The molecule has 1 rings (SSSR count). The zero-order valence-electron chi connectivity index (χ0n) is 7.07. The van der Waals surface area contributed by atoms with Gasteiger partial charge in [0, 0.05) is 5.92 Å². The second-order valence-corrected chi connectivity index (χ2v) is 2.72. The number of aromatic nitrogens is 2. The van der Waals surface area contributed by atoms with Crippen LogP contribution in [0.25, 0.3) is 0 Å². The minimum atomic E-state index is -0.0168. The Morgan fingerprint density at radius 3 is 3.00 bits per heavy atom. The molecule has 1 aromatic heterocycles. The minimum absolute atomic E-state index is 0.0141. The molecular weight excluding hydrogens is 158 g/mol. The van der Waals surface area contributed by atoms with Crippen LogP contribution in [0.4, 0.5) is 0 Å². The van der Waals surface area contributed by atoms with E-state index in [-0.39, 0.29) is 11.8 Å². The van der Waals surface area contributed by atoms with Gasteiger partial charge in [0.25, 0.3) is 0 Å². The van der Waals surface area contributed by atoms with Gasteiger partial charge in [0.2, 0.25) is 12.3 Å². The van der Waals surface area contributed by atoms with Gasteiger partial charge in [-0.15, -0.1) is 0 Å². The van der Waals surface area contributed by atoms with Crippen molar-refractivity contribution < 1.29 is 9.32 Å². The van der Waals surface area contributed by atoms with Crippen LogP contribution in [0.2, 0.25) is 0 Å². The van der Waals surface area contributed by atoms with E-state index in [2.05, 4.69) is 20.0 Å². The van der Waals surface area contributed by atoms with Gasteiger partial charge in [-0.3, -0.25) is 4.79 Å². The van der Waals surface area contributed by atoms with Crippen molar-refractivity contribution in [1.29, 1.82) is 0 Å². The quantitative estimate of drug-likeness (QED) is 0.708. The molecule has 0 atom stereocenters. The van der Waals surface area contributed by atoms with Gasteiger partial charge in [-0.25, -0.2) is 0 Å². The number of rotatable bonds is 3. The van der Waals surface area contributed by atoms with Crippen LogP contribution < -0.4 is 5.32 Å². The summed E-state index contributed by atoms with van der Waals surface area (Å²) in [6.45, 7) is 3.98. The fourth-order valence-corrected chi connectivity index (χ4v) is 0.641. The predicted octanol–water partition coefficient (Wildman–Crippen LogP) is 0.342. The highest BCUT2D eigenvalue weighted by molar-refractivity contribution is 5.77. The van der Waals surface area contributed by atoms with Gasteiger partial charge in [0.05, 0.1) is 6.54 Å². The highest BCUT2D eigenvalue weighted by atomic mass is 16.5.